The molecule has 0 fully saturated rings. The van der Waals surface area contributed by atoms with Gasteiger partial charge in [-0.15, -0.1) is 0 Å². The molecule has 0 amide bonds. The van der Waals surface area contributed by atoms with Gasteiger partial charge in [0.25, 0.3) is 6.43 Å². The van der Waals surface area contributed by atoms with Crippen LogP contribution in [0.4, 0.5) is 18.9 Å². The number of nitrogens with one attached hydrogen (secondary N) is 1. The van der Waals surface area contributed by atoms with Gasteiger partial charge in [-0.05, 0) is 50.9 Å². The molecule has 5 nitrogen and oxygen atoms in total. The number of nitrogens with zero attached hydrogens (tertiary/aromatic N) is 3. The lowest BCUT2D eigenvalue weighted by Crippen LogP contribution is -2.10. The fourth-order valence-corrected chi connectivity index (χ4v) is 4.66. The average molecular weight is 519 g/mol. The molecule has 0 saturated carbocycles. The predicted molar refractivity (Wildman–Crippen MR) is 135 cm³/mol. The Morgan fingerprint density at radius 3 is 2.40 bits per heavy atom. The van der Waals surface area contributed by atoms with Gasteiger partial charge in [0.15, 0.2) is 5.82 Å². The highest BCUT2D eigenvalue weighted by Crippen LogP contribution is 2.37. The summed E-state index contributed by atoms with van der Waals surface area (Å²) in [5, 5.41) is 3.55. The summed E-state index contributed by atoms with van der Waals surface area (Å²) in [7, 11) is -2.57. The van der Waals surface area contributed by atoms with Crippen molar-refractivity contribution in [1.29, 1.82) is 0 Å². The number of hydrogen-bond acceptors (Lipinski definition) is 5. The lowest BCUT2D eigenvalue weighted by molar-refractivity contribution is 0.151. The number of rotatable bonds is 6. The smallest absolute Gasteiger partial charge is 0.263 e. The number of aryl methyl sites for hydroxylation is 1. The molecule has 0 aliphatic carbocycles. The summed E-state index contributed by atoms with van der Waals surface area (Å²) < 4.78 is 53.7. The molecule has 3 heterocycles. The quantitative estimate of drug-likeness (QED) is 0.274. The summed E-state index contributed by atoms with van der Waals surface area (Å²) in [4.78, 5) is 13.1. The second-order valence-electron chi connectivity index (χ2n) is 8.67. The minimum absolute atomic E-state index is 0.0377. The molecule has 1 unspecified atom stereocenters. The van der Waals surface area contributed by atoms with Crippen molar-refractivity contribution >= 4 is 40.9 Å². The second kappa shape index (κ2) is 9.59. The first-order chi connectivity index (χ1) is 16.5. The average Bonchev–Trinajstić information content (AvgIpc) is 2.81. The van der Waals surface area contributed by atoms with Crippen LogP contribution in [0, 0.1) is 12.7 Å². The predicted octanol–water partition coefficient (Wildman–Crippen LogP) is 7.15. The highest BCUT2D eigenvalue weighted by atomic mass is 35.5. The molecule has 1 aromatic carbocycles. The van der Waals surface area contributed by atoms with Gasteiger partial charge in [0.1, 0.15) is 18.4 Å². The molecule has 0 spiro atoms. The molecule has 4 rings (SSSR count). The maximum atomic E-state index is 15.0. The Morgan fingerprint density at radius 1 is 1.06 bits per heavy atom. The zero-order valence-electron chi connectivity index (χ0n) is 19.5. The summed E-state index contributed by atoms with van der Waals surface area (Å²) in [5.74, 6) is -0.596. The summed E-state index contributed by atoms with van der Waals surface area (Å²) in [5.41, 5.74) is 2.93. The van der Waals surface area contributed by atoms with Gasteiger partial charge in [-0.1, -0.05) is 29.8 Å². The van der Waals surface area contributed by atoms with Gasteiger partial charge in [0.2, 0.25) is 0 Å². The Morgan fingerprint density at radius 2 is 1.77 bits per heavy atom. The minimum atomic E-state index is -2.59. The molecule has 10 heteroatoms. The van der Waals surface area contributed by atoms with Crippen molar-refractivity contribution in [3.05, 3.63) is 76.3 Å². The molecular formula is C25H23ClF3N4OP. The minimum Gasteiger partial charge on any atom is -0.375 e. The Bertz CT molecular complexity index is 1460. The Balaban J connectivity index is 1.81. The number of benzene rings is 1. The molecule has 0 aliphatic rings. The molecule has 4 aromatic rings. The van der Waals surface area contributed by atoms with E-state index in [0.717, 1.165) is 0 Å². The first-order valence-electron chi connectivity index (χ1n) is 10.8. The van der Waals surface area contributed by atoms with E-state index in [0.29, 0.717) is 44.0 Å². The van der Waals surface area contributed by atoms with Crippen molar-refractivity contribution in [3.63, 3.8) is 0 Å². The van der Waals surface area contributed by atoms with Crippen LogP contribution in [-0.4, -0.2) is 28.3 Å². The van der Waals surface area contributed by atoms with Crippen LogP contribution in [0.25, 0.3) is 22.3 Å². The largest absolute Gasteiger partial charge is 0.375 e. The first kappa shape index (κ1) is 25.1. The Hall–Kier alpha value is -2.96. The summed E-state index contributed by atoms with van der Waals surface area (Å²) in [6, 6.07) is 10.2. The molecular weight excluding hydrogens is 496 g/mol. The summed E-state index contributed by atoms with van der Waals surface area (Å²) in [6.07, 6.45) is -1.16. The van der Waals surface area contributed by atoms with Crippen LogP contribution >= 0.6 is 18.7 Å². The highest BCUT2D eigenvalue weighted by Gasteiger charge is 2.20. The van der Waals surface area contributed by atoms with Crippen molar-refractivity contribution in [2.24, 2.45) is 0 Å². The normalized spacial score (nSPS) is 12.8. The van der Waals surface area contributed by atoms with Crippen molar-refractivity contribution in [3.8, 4) is 11.3 Å². The van der Waals surface area contributed by atoms with Crippen LogP contribution in [0.1, 0.15) is 36.2 Å². The molecule has 0 saturated heterocycles. The fourth-order valence-electron chi connectivity index (χ4n) is 3.71. The van der Waals surface area contributed by atoms with Gasteiger partial charge >= 0.3 is 0 Å². The number of fused-ring (bicyclic) bond motifs is 1. The number of halogens is 4. The maximum Gasteiger partial charge on any atom is 0.263 e. The number of pyridine rings is 3. The lowest BCUT2D eigenvalue weighted by Gasteiger charge is -2.20. The molecule has 0 radical (unpaired) electrons. The van der Waals surface area contributed by atoms with Crippen LogP contribution < -0.4 is 10.8 Å². The van der Waals surface area contributed by atoms with Gasteiger partial charge < -0.3 is 9.88 Å². The third kappa shape index (κ3) is 5.19. The second-order valence-corrected chi connectivity index (χ2v) is 12.2. The van der Waals surface area contributed by atoms with Gasteiger partial charge in [-0.25, -0.2) is 23.1 Å². The molecule has 35 heavy (non-hydrogen) atoms. The van der Waals surface area contributed by atoms with Gasteiger partial charge in [0, 0.05) is 29.4 Å². The van der Waals surface area contributed by atoms with Crippen molar-refractivity contribution in [1.82, 2.24) is 15.0 Å². The van der Waals surface area contributed by atoms with E-state index in [-0.39, 0.29) is 11.3 Å². The summed E-state index contributed by atoms with van der Waals surface area (Å²) in [6.45, 7) is 6.71. The molecule has 0 bridgehead atoms. The number of hydrogen-bond donors (Lipinski definition) is 1. The Labute approximate surface area is 206 Å². The van der Waals surface area contributed by atoms with Crippen molar-refractivity contribution in [2.75, 3.05) is 18.6 Å². The number of anilines is 1. The monoisotopic (exact) mass is 518 g/mol. The molecule has 0 aliphatic heterocycles. The van der Waals surface area contributed by atoms with Gasteiger partial charge in [-0.3, -0.25) is 4.98 Å². The molecule has 1 N–H and O–H groups in total. The van der Waals surface area contributed by atoms with Gasteiger partial charge in [0.05, 0.1) is 27.4 Å². The highest BCUT2D eigenvalue weighted by molar-refractivity contribution is 7.69. The fraction of sp³-hybridized carbons (Fsp3) is 0.240. The van der Waals surface area contributed by atoms with E-state index in [1.54, 1.807) is 44.5 Å². The van der Waals surface area contributed by atoms with E-state index in [2.05, 4.69) is 20.3 Å². The molecule has 182 valence electrons. The molecule has 3 aromatic heterocycles. The van der Waals surface area contributed by atoms with E-state index in [4.69, 9.17) is 11.6 Å². The van der Waals surface area contributed by atoms with E-state index in [9.17, 15) is 13.3 Å². The number of alkyl halides is 2. The third-order valence-electron chi connectivity index (χ3n) is 5.61. The Kier molecular flexibility index (Phi) is 6.89. The van der Waals surface area contributed by atoms with Gasteiger partial charge in [-0.2, -0.15) is 0 Å². The van der Waals surface area contributed by atoms with E-state index < -0.39 is 25.4 Å². The standard InChI is InChI=1S/C25H23ClF3N4OP/c1-13(15-6-5-7-16(10-15)25(28)29)32-24-21(26)14(2)31-19-11-18(27)22(33-23(19)24)17-8-9-20(30-12-17)35(3,4)34/h5-13,25H,1-4H3,(H,31,32). The lowest BCUT2D eigenvalue weighted by atomic mass is 10.0. The van der Waals surface area contributed by atoms with Crippen LogP contribution in [0.15, 0.2) is 48.7 Å². The van der Waals surface area contributed by atoms with E-state index >= 15 is 4.39 Å². The van der Waals surface area contributed by atoms with Crippen LogP contribution in [-0.2, 0) is 4.57 Å². The zero-order valence-corrected chi connectivity index (χ0v) is 21.1. The molecule has 1 atom stereocenters. The van der Waals surface area contributed by atoms with E-state index in [1.165, 1.54) is 24.4 Å². The maximum absolute atomic E-state index is 15.0. The topological polar surface area (TPSA) is 67.8 Å². The van der Waals surface area contributed by atoms with Crippen LogP contribution in [0.5, 0.6) is 0 Å². The van der Waals surface area contributed by atoms with E-state index in [1.807, 2.05) is 6.92 Å². The third-order valence-corrected chi connectivity index (χ3v) is 7.45. The van der Waals surface area contributed by atoms with Crippen molar-refractivity contribution < 1.29 is 17.7 Å². The SMILES string of the molecule is Cc1nc2cc(F)c(-c3ccc(P(C)(C)=O)nc3)nc2c(NC(C)c2cccc(C(F)F)c2)c1Cl. The number of aromatic nitrogens is 3. The van der Waals surface area contributed by atoms with Crippen molar-refractivity contribution in [2.45, 2.75) is 26.3 Å². The first-order valence-corrected chi connectivity index (χ1v) is 13.8. The zero-order chi connectivity index (χ0) is 25.5. The van der Waals surface area contributed by atoms with Crippen LogP contribution in [0.3, 0.4) is 0 Å². The summed E-state index contributed by atoms with van der Waals surface area (Å²) >= 11 is 6.57. The van der Waals surface area contributed by atoms with Crippen LogP contribution in [0.2, 0.25) is 5.02 Å².